The minimum atomic E-state index is -0.987. The summed E-state index contributed by atoms with van der Waals surface area (Å²) in [5.41, 5.74) is 1.26. The van der Waals surface area contributed by atoms with E-state index < -0.39 is 5.97 Å². The first kappa shape index (κ1) is 12.8. The van der Waals surface area contributed by atoms with Gasteiger partial charge in [0.2, 0.25) is 0 Å². The normalized spacial score (nSPS) is 10.1. The lowest BCUT2D eigenvalue weighted by molar-refractivity contribution is -0.137. The maximum atomic E-state index is 11.9. The minimum absolute atomic E-state index is 0.231. The fraction of sp³-hybridized carbons (Fsp3) is 0.154. The second-order valence-corrected chi connectivity index (χ2v) is 3.95. The van der Waals surface area contributed by atoms with Gasteiger partial charge in [0.1, 0.15) is 12.2 Å². The zero-order valence-electron chi connectivity index (χ0n) is 10.1. The third-order valence-electron chi connectivity index (χ3n) is 2.57. The van der Waals surface area contributed by atoms with Gasteiger partial charge in [0.05, 0.1) is 0 Å². The molecule has 98 valence electrons. The van der Waals surface area contributed by atoms with Crippen LogP contribution in [0.2, 0.25) is 0 Å². The van der Waals surface area contributed by atoms with Crippen molar-refractivity contribution in [3.05, 3.63) is 54.1 Å². The van der Waals surface area contributed by atoms with Crippen molar-refractivity contribution < 1.29 is 14.7 Å². The van der Waals surface area contributed by atoms with Gasteiger partial charge in [-0.3, -0.25) is 14.6 Å². The van der Waals surface area contributed by atoms with Gasteiger partial charge in [0, 0.05) is 25.1 Å². The second-order valence-electron chi connectivity index (χ2n) is 3.95. The Morgan fingerprint density at radius 1 is 1.26 bits per heavy atom. The standard InChI is InChI=1S/C13H13N3O3/c17-12(18)9-16-7-1-2-11(16)13(19)15-8-10-3-5-14-6-4-10/h1-7H,8-9H2,(H,15,19)(H,17,18). The van der Waals surface area contributed by atoms with E-state index in [2.05, 4.69) is 10.3 Å². The van der Waals surface area contributed by atoms with Crippen LogP contribution in [0.3, 0.4) is 0 Å². The Hall–Kier alpha value is -2.63. The number of hydrogen-bond donors (Lipinski definition) is 2. The third kappa shape index (κ3) is 3.41. The predicted octanol–water partition coefficient (Wildman–Crippen LogP) is 0.898. The van der Waals surface area contributed by atoms with Crippen LogP contribution in [0, 0.1) is 0 Å². The molecule has 2 rings (SSSR count). The smallest absolute Gasteiger partial charge is 0.323 e. The van der Waals surface area contributed by atoms with Gasteiger partial charge >= 0.3 is 5.97 Å². The molecular formula is C13H13N3O3. The Morgan fingerprint density at radius 2 is 2.00 bits per heavy atom. The van der Waals surface area contributed by atoms with Crippen molar-refractivity contribution in [2.24, 2.45) is 0 Å². The average molecular weight is 259 g/mol. The third-order valence-corrected chi connectivity index (χ3v) is 2.57. The van der Waals surface area contributed by atoms with Gasteiger partial charge in [0.15, 0.2) is 0 Å². The van der Waals surface area contributed by atoms with Crippen LogP contribution < -0.4 is 5.32 Å². The highest BCUT2D eigenvalue weighted by molar-refractivity contribution is 5.93. The van der Waals surface area contributed by atoms with Crippen molar-refractivity contribution >= 4 is 11.9 Å². The quantitative estimate of drug-likeness (QED) is 0.835. The molecule has 6 heteroatoms. The monoisotopic (exact) mass is 259 g/mol. The fourth-order valence-electron chi connectivity index (χ4n) is 1.68. The van der Waals surface area contributed by atoms with Crippen molar-refractivity contribution in [3.63, 3.8) is 0 Å². The van der Waals surface area contributed by atoms with Gasteiger partial charge in [-0.15, -0.1) is 0 Å². The van der Waals surface area contributed by atoms with Crippen molar-refractivity contribution in [3.8, 4) is 0 Å². The summed E-state index contributed by atoms with van der Waals surface area (Å²) in [5.74, 6) is -1.29. The number of aliphatic carboxylic acids is 1. The molecule has 0 aliphatic carbocycles. The first-order chi connectivity index (χ1) is 9.16. The Bertz CT molecular complexity index is 578. The van der Waals surface area contributed by atoms with Crippen LogP contribution in [0.15, 0.2) is 42.9 Å². The van der Waals surface area contributed by atoms with Crippen molar-refractivity contribution in [1.29, 1.82) is 0 Å². The van der Waals surface area contributed by atoms with Crippen molar-refractivity contribution in [2.75, 3.05) is 0 Å². The summed E-state index contributed by atoms with van der Waals surface area (Å²) < 4.78 is 1.39. The predicted molar refractivity (Wildman–Crippen MR) is 67.5 cm³/mol. The lowest BCUT2D eigenvalue weighted by Gasteiger charge is -2.07. The number of carbonyl (C=O) groups is 2. The van der Waals surface area contributed by atoms with E-state index in [1.807, 2.05) is 0 Å². The van der Waals surface area contributed by atoms with E-state index in [4.69, 9.17) is 5.11 Å². The molecule has 2 N–H and O–H groups in total. The van der Waals surface area contributed by atoms with E-state index >= 15 is 0 Å². The van der Waals surface area contributed by atoms with Crippen LogP contribution in [-0.2, 0) is 17.9 Å². The van der Waals surface area contributed by atoms with E-state index in [9.17, 15) is 9.59 Å². The number of nitrogens with zero attached hydrogens (tertiary/aromatic N) is 2. The molecule has 0 bridgehead atoms. The SMILES string of the molecule is O=C(O)Cn1cccc1C(=O)NCc1ccncc1. The van der Waals surface area contributed by atoms with Gasteiger partial charge in [-0.1, -0.05) is 0 Å². The maximum Gasteiger partial charge on any atom is 0.323 e. The summed E-state index contributed by atoms with van der Waals surface area (Å²) in [6.07, 6.45) is 4.86. The summed E-state index contributed by atoms with van der Waals surface area (Å²) in [7, 11) is 0. The Balaban J connectivity index is 2.00. The second kappa shape index (κ2) is 5.81. The molecule has 0 unspecified atom stereocenters. The molecule has 2 aromatic rings. The molecule has 2 aromatic heterocycles. The average Bonchev–Trinajstić information content (AvgIpc) is 2.84. The number of nitrogens with one attached hydrogen (secondary N) is 1. The molecule has 0 spiro atoms. The number of carboxylic acids is 1. The number of aromatic nitrogens is 2. The molecule has 1 amide bonds. The molecule has 19 heavy (non-hydrogen) atoms. The molecule has 0 atom stereocenters. The molecule has 0 aliphatic heterocycles. The van der Waals surface area contributed by atoms with E-state index in [-0.39, 0.29) is 12.5 Å². The molecule has 0 saturated heterocycles. The summed E-state index contributed by atoms with van der Waals surface area (Å²) in [4.78, 5) is 26.5. The number of carbonyl (C=O) groups excluding carboxylic acids is 1. The lowest BCUT2D eigenvalue weighted by atomic mass is 10.2. The summed E-state index contributed by atoms with van der Waals surface area (Å²) in [5, 5.41) is 11.5. The van der Waals surface area contributed by atoms with Gasteiger partial charge in [-0.25, -0.2) is 0 Å². The Morgan fingerprint density at radius 3 is 2.68 bits per heavy atom. The van der Waals surface area contributed by atoms with Crippen LogP contribution in [0.4, 0.5) is 0 Å². The maximum absolute atomic E-state index is 11.9. The molecule has 2 heterocycles. The Kier molecular flexibility index (Phi) is 3.92. The molecule has 0 radical (unpaired) electrons. The van der Waals surface area contributed by atoms with E-state index in [0.717, 1.165) is 5.56 Å². The number of amides is 1. The van der Waals surface area contributed by atoms with E-state index in [1.165, 1.54) is 4.57 Å². The topological polar surface area (TPSA) is 84.2 Å². The largest absolute Gasteiger partial charge is 0.480 e. The molecule has 0 fully saturated rings. The van der Waals surface area contributed by atoms with Crippen LogP contribution >= 0.6 is 0 Å². The minimum Gasteiger partial charge on any atom is -0.480 e. The highest BCUT2D eigenvalue weighted by Crippen LogP contribution is 2.03. The summed E-state index contributed by atoms with van der Waals surface area (Å²) in [6, 6.07) is 6.84. The van der Waals surface area contributed by atoms with Gasteiger partial charge in [0.25, 0.3) is 5.91 Å². The molecule has 0 aromatic carbocycles. The number of pyridine rings is 1. The Labute approximate surface area is 109 Å². The highest BCUT2D eigenvalue weighted by atomic mass is 16.4. The zero-order valence-corrected chi connectivity index (χ0v) is 10.1. The van der Waals surface area contributed by atoms with Gasteiger partial charge < -0.3 is 15.0 Å². The lowest BCUT2D eigenvalue weighted by Crippen LogP contribution is -2.26. The first-order valence-corrected chi connectivity index (χ1v) is 5.71. The molecule has 6 nitrogen and oxygen atoms in total. The first-order valence-electron chi connectivity index (χ1n) is 5.71. The number of hydrogen-bond acceptors (Lipinski definition) is 3. The fourth-order valence-corrected chi connectivity index (χ4v) is 1.68. The number of rotatable bonds is 5. The van der Waals surface area contributed by atoms with Gasteiger partial charge in [-0.05, 0) is 29.8 Å². The van der Waals surface area contributed by atoms with Crippen LogP contribution in [0.25, 0.3) is 0 Å². The number of carboxylic acid groups (broad SMARTS) is 1. The molecule has 0 aliphatic rings. The van der Waals surface area contributed by atoms with Gasteiger partial charge in [-0.2, -0.15) is 0 Å². The van der Waals surface area contributed by atoms with E-state index in [0.29, 0.717) is 12.2 Å². The summed E-state index contributed by atoms with van der Waals surface area (Å²) >= 11 is 0. The van der Waals surface area contributed by atoms with E-state index in [1.54, 1.807) is 42.9 Å². The summed E-state index contributed by atoms with van der Waals surface area (Å²) in [6.45, 7) is 0.143. The molecular weight excluding hydrogens is 246 g/mol. The zero-order chi connectivity index (χ0) is 13.7. The van der Waals surface area contributed by atoms with Crippen LogP contribution in [0.5, 0.6) is 0 Å². The van der Waals surface area contributed by atoms with Crippen LogP contribution in [0.1, 0.15) is 16.1 Å². The van der Waals surface area contributed by atoms with Crippen molar-refractivity contribution in [1.82, 2.24) is 14.9 Å². The molecule has 0 saturated carbocycles. The highest BCUT2D eigenvalue weighted by Gasteiger charge is 2.12. The van der Waals surface area contributed by atoms with Crippen LogP contribution in [-0.4, -0.2) is 26.5 Å². The van der Waals surface area contributed by atoms with Crippen molar-refractivity contribution in [2.45, 2.75) is 13.1 Å².